The van der Waals surface area contributed by atoms with Gasteiger partial charge in [-0.2, -0.15) is 0 Å². The Morgan fingerprint density at radius 3 is 2.54 bits per heavy atom. The molecule has 26 heavy (non-hydrogen) atoms. The molecule has 0 amide bonds. The molecule has 0 unspecified atom stereocenters. The fraction of sp³-hybridized carbons (Fsp3) is 0.294. The lowest BCUT2D eigenvalue weighted by atomic mass is 10.1. The number of hydrogen-bond acceptors (Lipinski definition) is 7. The van der Waals surface area contributed by atoms with E-state index in [0.29, 0.717) is 22.2 Å². The van der Waals surface area contributed by atoms with Crippen LogP contribution < -0.4 is 5.73 Å². The zero-order valence-corrected chi connectivity index (χ0v) is 13.5. The lowest BCUT2D eigenvalue weighted by Crippen LogP contribution is -2.33. The van der Waals surface area contributed by atoms with Gasteiger partial charge >= 0.3 is 0 Å². The topological polar surface area (TPSA) is 127 Å². The first-order chi connectivity index (χ1) is 12.5. The van der Waals surface area contributed by atoms with Gasteiger partial charge in [0, 0.05) is 11.8 Å². The first kappa shape index (κ1) is 16.9. The fourth-order valence-electron chi connectivity index (χ4n) is 3.26. The number of rotatable bonds is 3. The SMILES string of the molecule is Nc1ncnc2c1c(-c1ccc(F)cc1)cn2[C@@H]1O[C@H](CO)[C@@H](O)[C@H]1O. The fourth-order valence-corrected chi connectivity index (χ4v) is 3.26. The van der Waals surface area contributed by atoms with Crippen LogP contribution in [0.25, 0.3) is 22.2 Å². The Kier molecular flexibility index (Phi) is 4.08. The van der Waals surface area contributed by atoms with Crippen molar-refractivity contribution in [3.05, 3.63) is 42.6 Å². The Morgan fingerprint density at radius 1 is 1.15 bits per heavy atom. The molecular weight excluding hydrogens is 343 g/mol. The molecule has 5 N–H and O–H groups in total. The quantitative estimate of drug-likeness (QED) is 0.533. The van der Waals surface area contributed by atoms with Crippen molar-refractivity contribution in [2.45, 2.75) is 24.5 Å². The number of halogens is 1. The molecule has 9 heteroatoms. The minimum atomic E-state index is -1.26. The summed E-state index contributed by atoms with van der Waals surface area (Å²) >= 11 is 0. The molecule has 4 atom stereocenters. The van der Waals surface area contributed by atoms with Crippen LogP contribution in [-0.2, 0) is 4.74 Å². The van der Waals surface area contributed by atoms with Gasteiger partial charge in [-0.3, -0.25) is 0 Å². The van der Waals surface area contributed by atoms with Crippen molar-refractivity contribution in [2.75, 3.05) is 12.3 Å². The molecule has 1 saturated heterocycles. The van der Waals surface area contributed by atoms with Crippen molar-refractivity contribution in [1.82, 2.24) is 14.5 Å². The lowest BCUT2D eigenvalue weighted by Gasteiger charge is -2.17. The molecule has 3 heterocycles. The molecule has 8 nitrogen and oxygen atoms in total. The number of ether oxygens (including phenoxy) is 1. The molecule has 0 aliphatic carbocycles. The van der Waals surface area contributed by atoms with E-state index in [1.54, 1.807) is 18.3 Å². The van der Waals surface area contributed by atoms with Crippen molar-refractivity contribution < 1.29 is 24.4 Å². The van der Waals surface area contributed by atoms with E-state index in [9.17, 15) is 19.7 Å². The van der Waals surface area contributed by atoms with Crippen LogP contribution in [0.4, 0.5) is 10.2 Å². The maximum Gasteiger partial charge on any atom is 0.164 e. The van der Waals surface area contributed by atoms with Gasteiger partial charge in [-0.25, -0.2) is 14.4 Å². The highest BCUT2D eigenvalue weighted by molar-refractivity contribution is 6.00. The molecule has 1 aliphatic heterocycles. The molecule has 0 radical (unpaired) electrons. The predicted octanol–water partition coefficient (Wildman–Crippen LogP) is 0.431. The molecule has 2 aromatic heterocycles. The second-order valence-electron chi connectivity index (χ2n) is 6.14. The third-order valence-corrected chi connectivity index (χ3v) is 4.59. The van der Waals surface area contributed by atoms with Crippen molar-refractivity contribution in [3.63, 3.8) is 0 Å². The zero-order chi connectivity index (χ0) is 18.4. The van der Waals surface area contributed by atoms with Gasteiger partial charge in [0.1, 0.15) is 41.9 Å². The van der Waals surface area contributed by atoms with E-state index < -0.39 is 31.1 Å². The maximum absolute atomic E-state index is 13.3. The van der Waals surface area contributed by atoms with E-state index in [0.717, 1.165) is 0 Å². The second-order valence-corrected chi connectivity index (χ2v) is 6.14. The monoisotopic (exact) mass is 360 g/mol. The summed E-state index contributed by atoms with van der Waals surface area (Å²) in [5, 5.41) is 30.2. The van der Waals surface area contributed by atoms with Crippen LogP contribution in [0.3, 0.4) is 0 Å². The van der Waals surface area contributed by atoms with Gasteiger partial charge in [0.05, 0.1) is 12.0 Å². The molecule has 0 spiro atoms. The van der Waals surface area contributed by atoms with Crippen LogP contribution in [0.1, 0.15) is 6.23 Å². The van der Waals surface area contributed by atoms with Gasteiger partial charge in [0.15, 0.2) is 6.23 Å². The van der Waals surface area contributed by atoms with E-state index in [-0.39, 0.29) is 11.6 Å². The maximum atomic E-state index is 13.3. The van der Waals surface area contributed by atoms with Crippen LogP contribution in [-0.4, -0.2) is 54.8 Å². The van der Waals surface area contributed by atoms with Gasteiger partial charge in [-0.1, -0.05) is 12.1 Å². The number of benzene rings is 1. The number of nitrogens with zero attached hydrogens (tertiary/aromatic N) is 3. The lowest BCUT2D eigenvalue weighted by molar-refractivity contribution is -0.0508. The molecule has 3 aromatic rings. The number of aliphatic hydroxyl groups excluding tert-OH is 3. The summed E-state index contributed by atoms with van der Waals surface area (Å²) in [7, 11) is 0. The van der Waals surface area contributed by atoms with E-state index in [1.807, 2.05) is 0 Å². The minimum Gasteiger partial charge on any atom is -0.394 e. The smallest absolute Gasteiger partial charge is 0.164 e. The highest BCUT2D eigenvalue weighted by atomic mass is 19.1. The Bertz CT molecular complexity index is 946. The summed E-state index contributed by atoms with van der Waals surface area (Å²) < 4.78 is 20.4. The number of anilines is 1. The van der Waals surface area contributed by atoms with Crippen molar-refractivity contribution in [3.8, 4) is 11.1 Å². The molecule has 1 fully saturated rings. The first-order valence-corrected chi connectivity index (χ1v) is 8.00. The highest BCUT2D eigenvalue weighted by Gasteiger charge is 2.44. The van der Waals surface area contributed by atoms with Gasteiger partial charge in [0.2, 0.25) is 0 Å². The first-order valence-electron chi connectivity index (χ1n) is 8.00. The molecule has 0 bridgehead atoms. The normalized spacial score (nSPS) is 25.8. The summed E-state index contributed by atoms with van der Waals surface area (Å²) in [6.07, 6.45) is -1.45. The standard InChI is InChI=1S/C17H17FN4O4/c18-9-3-1-8(2-4-9)10-5-22(16-12(10)15(19)20-7-21-16)17-14(25)13(24)11(6-23)26-17/h1-5,7,11,13-14,17,23-25H,6H2,(H2,19,20,21)/t11-,13-,14-,17-/m1/s1. The number of nitrogen functional groups attached to an aromatic ring is 1. The third kappa shape index (κ3) is 2.53. The highest BCUT2D eigenvalue weighted by Crippen LogP contribution is 2.38. The van der Waals surface area contributed by atoms with Crippen molar-refractivity contribution >= 4 is 16.9 Å². The second kappa shape index (κ2) is 6.29. The Hall–Kier alpha value is -2.59. The van der Waals surface area contributed by atoms with Gasteiger partial charge < -0.3 is 30.4 Å². The van der Waals surface area contributed by atoms with E-state index in [4.69, 9.17) is 10.5 Å². The predicted molar refractivity (Wildman–Crippen MR) is 90.3 cm³/mol. The summed E-state index contributed by atoms with van der Waals surface area (Å²) in [5.41, 5.74) is 7.73. The Morgan fingerprint density at radius 2 is 1.88 bits per heavy atom. The van der Waals surface area contributed by atoms with Gasteiger partial charge in [0.25, 0.3) is 0 Å². The van der Waals surface area contributed by atoms with Crippen LogP contribution >= 0.6 is 0 Å². The minimum absolute atomic E-state index is 0.222. The number of nitrogens with two attached hydrogens (primary N) is 1. The molecule has 1 aromatic carbocycles. The van der Waals surface area contributed by atoms with Gasteiger partial charge in [-0.05, 0) is 17.7 Å². The molecule has 4 rings (SSSR count). The summed E-state index contributed by atoms with van der Waals surface area (Å²) in [6, 6.07) is 5.84. The zero-order valence-electron chi connectivity index (χ0n) is 13.5. The van der Waals surface area contributed by atoms with E-state index in [2.05, 4.69) is 9.97 Å². The summed E-state index contributed by atoms with van der Waals surface area (Å²) in [4.78, 5) is 8.23. The molecule has 136 valence electrons. The summed E-state index contributed by atoms with van der Waals surface area (Å²) in [6.45, 7) is -0.435. The molecule has 1 aliphatic rings. The van der Waals surface area contributed by atoms with E-state index >= 15 is 0 Å². The number of aliphatic hydroxyl groups is 3. The third-order valence-electron chi connectivity index (χ3n) is 4.59. The summed E-state index contributed by atoms with van der Waals surface area (Å²) in [5.74, 6) is -0.148. The van der Waals surface area contributed by atoms with Gasteiger partial charge in [-0.15, -0.1) is 0 Å². The molecular formula is C17H17FN4O4. The van der Waals surface area contributed by atoms with Crippen LogP contribution in [0.15, 0.2) is 36.8 Å². The Labute approximate surface area is 147 Å². The van der Waals surface area contributed by atoms with Crippen LogP contribution in [0.5, 0.6) is 0 Å². The number of aromatic nitrogens is 3. The molecule has 0 saturated carbocycles. The number of hydrogen-bond donors (Lipinski definition) is 4. The average Bonchev–Trinajstić information content (AvgIpc) is 3.15. The van der Waals surface area contributed by atoms with Crippen LogP contribution in [0.2, 0.25) is 0 Å². The van der Waals surface area contributed by atoms with Crippen molar-refractivity contribution in [1.29, 1.82) is 0 Å². The van der Waals surface area contributed by atoms with Crippen molar-refractivity contribution in [2.24, 2.45) is 0 Å². The Balaban J connectivity index is 1.89. The average molecular weight is 360 g/mol. The largest absolute Gasteiger partial charge is 0.394 e. The van der Waals surface area contributed by atoms with Crippen LogP contribution in [0, 0.1) is 5.82 Å². The van der Waals surface area contributed by atoms with E-state index in [1.165, 1.54) is 23.0 Å². The number of fused-ring (bicyclic) bond motifs is 1.